The van der Waals surface area contributed by atoms with Gasteiger partial charge in [0.15, 0.2) is 0 Å². The van der Waals surface area contributed by atoms with E-state index in [-0.39, 0.29) is 11.8 Å². The molecule has 154 valence electrons. The number of amides is 1. The van der Waals surface area contributed by atoms with Crippen molar-refractivity contribution in [3.8, 4) is 11.1 Å². The molecule has 8 heteroatoms. The summed E-state index contributed by atoms with van der Waals surface area (Å²) >= 11 is 0. The van der Waals surface area contributed by atoms with Crippen LogP contribution in [0.25, 0.3) is 11.1 Å². The molecule has 0 aromatic carbocycles. The van der Waals surface area contributed by atoms with Gasteiger partial charge in [0, 0.05) is 55.3 Å². The van der Waals surface area contributed by atoms with Crippen molar-refractivity contribution in [2.24, 2.45) is 0 Å². The number of anilines is 1. The van der Waals surface area contributed by atoms with Crippen LogP contribution in [-0.2, 0) is 0 Å². The Hall–Kier alpha value is -3.29. The number of nitrogens with one attached hydrogen (secondary N) is 1. The zero-order valence-electron chi connectivity index (χ0n) is 16.9. The van der Waals surface area contributed by atoms with Crippen molar-refractivity contribution in [2.75, 3.05) is 18.4 Å². The van der Waals surface area contributed by atoms with Crippen molar-refractivity contribution in [3.63, 3.8) is 0 Å². The predicted octanol–water partition coefficient (Wildman–Crippen LogP) is 3.43. The fourth-order valence-corrected chi connectivity index (χ4v) is 3.92. The number of nitrogens with zero attached hydrogens (tertiary/aromatic N) is 5. The van der Waals surface area contributed by atoms with Gasteiger partial charge in [-0.15, -0.1) is 0 Å². The van der Waals surface area contributed by atoms with Crippen molar-refractivity contribution < 1.29 is 9.32 Å². The molecule has 4 heterocycles. The van der Waals surface area contributed by atoms with E-state index in [2.05, 4.69) is 20.4 Å². The molecule has 2 aliphatic rings. The van der Waals surface area contributed by atoms with Crippen molar-refractivity contribution in [1.29, 1.82) is 0 Å². The normalized spacial score (nSPS) is 17.2. The van der Waals surface area contributed by atoms with Crippen LogP contribution in [0.15, 0.2) is 41.3 Å². The maximum absolute atomic E-state index is 12.7. The summed E-state index contributed by atoms with van der Waals surface area (Å²) in [6.07, 6.45) is 9.52. The lowest BCUT2D eigenvalue weighted by Gasteiger charge is -2.32. The van der Waals surface area contributed by atoms with Gasteiger partial charge < -0.3 is 14.7 Å². The van der Waals surface area contributed by atoms with E-state index in [1.807, 2.05) is 30.2 Å². The van der Waals surface area contributed by atoms with Crippen LogP contribution < -0.4 is 5.32 Å². The Morgan fingerprint density at radius 3 is 2.60 bits per heavy atom. The third kappa shape index (κ3) is 3.90. The number of aromatic nitrogens is 4. The molecule has 1 aliphatic carbocycles. The summed E-state index contributed by atoms with van der Waals surface area (Å²) in [6, 6.07) is 6.16. The summed E-state index contributed by atoms with van der Waals surface area (Å²) < 4.78 is 5.15. The average molecular weight is 404 g/mol. The minimum atomic E-state index is -0.0952. The lowest BCUT2D eigenvalue weighted by atomic mass is 9.89. The van der Waals surface area contributed by atoms with Gasteiger partial charge in [-0.05, 0) is 50.3 Å². The highest BCUT2D eigenvalue weighted by molar-refractivity contribution is 5.91. The number of rotatable bonds is 5. The SMILES string of the molecule is Cc1cc(C(=O)N2CCC(c3nc(NC4CC4)ncc3-c3ccncc3)CC2)on1. The highest BCUT2D eigenvalue weighted by atomic mass is 16.5. The zero-order chi connectivity index (χ0) is 20.5. The molecule has 3 aromatic heterocycles. The molecule has 0 atom stereocenters. The Kier molecular flexibility index (Phi) is 4.90. The van der Waals surface area contributed by atoms with Gasteiger partial charge in [0.25, 0.3) is 5.91 Å². The first kappa shape index (κ1) is 18.7. The molecular weight excluding hydrogens is 380 g/mol. The van der Waals surface area contributed by atoms with Crippen molar-refractivity contribution >= 4 is 11.9 Å². The molecular formula is C22H24N6O2. The van der Waals surface area contributed by atoms with Crippen LogP contribution in [0, 0.1) is 6.92 Å². The van der Waals surface area contributed by atoms with E-state index in [1.54, 1.807) is 18.5 Å². The first-order chi connectivity index (χ1) is 14.7. The second-order valence-electron chi connectivity index (χ2n) is 8.05. The molecule has 1 N–H and O–H groups in total. The number of hydrogen-bond donors (Lipinski definition) is 1. The molecule has 5 rings (SSSR count). The lowest BCUT2D eigenvalue weighted by molar-refractivity contribution is 0.0670. The van der Waals surface area contributed by atoms with E-state index in [9.17, 15) is 4.79 Å². The van der Waals surface area contributed by atoms with E-state index < -0.39 is 0 Å². The van der Waals surface area contributed by atoms with Gasteiger partial charge in [0.05, 0.1) is 11.4 Å². The van der Waals surface area contributed by atoms with Crippen LogP contribution in [0.1, 0.15) is 53.5 Å². The fourth-order valence-electron chi connectivity index (χ4n) is 3.92. The maximum atomic E-state index is 12.7. The minimum absolute atomic E-state index is 0.0952. The standard InChI is InChI=1S/C22H24N6O2/c1-14-12-19(30-27-14)21(29)28-10-6-16(7-11-28)20-18(15-4-8-23-9-5-15)13-24-22(26-20)25-17-2-3-17/h4-5,8-9,12-13,16-17H,2-3,6-7,10-11H2,1H3,(H,24,25,26). The highest BCUT2D eigenvalue weighted by Gasteiger charge is 2.30. The van der Waals surface area contributed by atoms with Crippen molar-refractivity contribution in [2.45, 2.75) is 44.6 Å². The average Bonchev–Trinajstić information content (AvgIpc) is 3.50. The summed E-state index contributed by atoms with van der Waals surface area (Å²) in [7, 11) is 0. The summed E-state index contributed by atoms with van der Waals surface area (Å²) in [6.45, 7) is 3.14. The Morgan fingerprint density at radius 2 is 1.93 bits per heavy atom. The molecule has 30 heavy (non-hydrogen) atoms. The van der Waals surface area contributed by atoms with E-state index in [1.165, 1.54) is 12.8 Å². The van der Waals surface area contributed by atoms with Gasteiger partial charge in [-0.1, -0.05) is 5.16 Å². The van der Waals surface area contributed by atoms with Gasteiger partial charge in [-0.3, -0.25) is 9.78 Å². The number of piperidine rings is 1. The molecule has 2 fully saturated rings. The molecule has 1 amide bonds. The van der Waals surface area contributed by atoms with Gasteiger partial charge in [-0.2, -0.15) is 0 Å². The van der Waals surface area contributed by atoms with Crippen molar-refractivity contribution in [1.82, 2.24) is 25.0 Å². The fraction of sp³-hybridized carbons (Fsp3) is 0.409. The van der Waals surface area contributed by atoms with Gasteiger partial charge >= 0.3 is 0 Å². The monoisotopic (exact) mass is 404 g/mol. The lowest BCUT2D eigenvalue weighted by Crippen LogP contribution is -2.38. The van der Waals surface area contributed by atoms with Gasteiger partial charge in [0.2, 0.25) is 11.7 Å². The van der Waals surface area contributed by atoms with Crippen LogP contribution in [0.5, 0.6) is 0 Å². The number of carbonyl (C=O) groups is 1. The van der Waals surface area contributed by atoms with E-state index in [0.717, 1.165) is 29.7 Å². The third-order valence-corrected chi connectivity index (χ3v) is 5.73. The van der Waals surface area contributed by atoms with Crippen LogP contribution in [0.4, 0.5) is 5.95 Å². The molecule has 1 saturated carbocycles. The second kappa shape index (κ2) is 7.85. The molecule has 8 nitrogen and oxygen atoms in total. The van der Waals surface area contributed by atoms with E-state index >= 15 is 0 Å². The summed E-state index contributed by atoms with van der Waals surface area (Å²) in [5.41, 5.74) is 3.86. The molecule has 0 radical (unpaired) electrons. The zero-order valence-corrected chi connectivity index (χ0v) is 16.9. The van der Waals surface area contributed by atoms with Gasteiger partial charge in [0.1, 0.15) is 0 Å². The topological polar surface area (TPSA) is 97.0 Å². The summed E-state index contributed by atoms with van der Waals surface area (Å²) in [5.74, 6) is 1.17. The molecule has 3 aromatic rings. The molecule has 0 spiro atoms. The Balaban J connectivity index is 1.37. The van der Waals surface area contributed by atoms with E-state index in [0.29, 0.717) is 36.5 Å². The Labute approximate surface area is 174 Å². The largest absolute Gasteiger partial charge is 0.351 e. The summed E-state index contributed by atoms with van der Waals surface area (Å²) in [5, 5.41) is 7.23. The van der Waals surface area contributed by atoms with Crippen molar-refractivity contribution in [3.05, 3.63) is 53.9 Å². The molecule has 0 bridgehead atoms. The number of aryl methyl sites for hydroxylation is 1. The highest BCUT2D eigenvalue weighted by Crippen LogP contribution is 2.35. The minimum Gasteiger partial charge on any atom is -0.351 e. The molecule has 1 aliphatic heterocycles. The second-order valence-corrected chi connectivity index (χ2v) is 8.05. The predicted molar refractivity (Wildman–Crippen MR) is 111 cm³/mol. The third-order valence-electron chi connectivity index (χ3n) is 5.73. The van der Waals surface area contributed by atoms with Crippen LogP contribution >= 0.6 is 0 Å². The quantitative estimate of drug-likeness (QED) is 0.696. The molecule has 0 unspecified atom stereocenters. The first-order valence-corrected chi connectivity index (χ1v) is 10.4. The van der Waals surface area contributed by atoms with Crippen LogP contribution in [0.3, 0.4) is 0 Å². The summed E-state index contributed by atoms with van der Waals surface area (Å²) in [4.78, 5) is 28.1. The smallest absolute Gasteiger partial charge is 0.292 e. The first-order valence-electron chi connectivity index (χ1n) is 10.4. The Morgan fingerprint density at radius 1 is 1.17 bits per heavy atom. The van der Waals surface area contributed by atoms with Crippen LogP contribution in [-0.4, -0.2) is 50.0 Å². The maximum Gasteiger partial charge on any atom is 0.292 e. The number of likely N-dealkylation sites (tertiary alicyclic amines) is 1. The van der Waals surface area contributed by atoms with Gasteiger partial charge in [-0.25, -0.2) is 9.97 Å². The van der Waals surface area contributed by atoms with E-state index in [4.69, 9.17) is 9.51 Å². The molecule has 1 saturated heterocycles. The van der Waals surface area contributed by atoms with Crippen LogP contribution in [0.2, 0.25) is 0 Å². The number of hydrogen-bond acceptors (Lipinski definition) is 7. The Bertz CT molecular complexity index is 1040. The number of carbonyl (C=O) groups excluding carboxylic acids is 1. The number of pyridine rings is 1.